The van der Waals surface area contributed by atoms with Gasteiger partial charge in [-0.25, -0.2) is 0 Å². The van der Waals surface area contributed by atoms with Crippen molar-refractivity contribution in [3.63, 3.8) is 0 Å². The molecule has 11 heteroatoms. The monoisotopic (exact) mass is 408 g/mol. The third kappa shape index (κ3) is 4.67. The van der Waals surface area contributed by atoms with Crippen molar-refractivity contribution in [1.29, 1.82) is 0 Å². The van der Waals surface area contributed by atoms with Crippen LogP contribution in [0.5, 0.6) is 0 Å². The maximum absolute atomic E-state index is 12.8. The first-order valence-electron chi connectivity index (χ1n) is 7.54. The normalized spacial score (nSPS) is 14.4. The Labute approximate surface area is 149 Å². The summed E-state index contributed by atoms with van der Waals surface area (Å²) in [5.74, 6) is -0.0245. The molecule has 0 bridgehead atoms. The van der Waals surface area contributed by atoms with E-state index in [9.17, 15) is 24.2 Å². The molecule has 1 amide bonds. The largest absolute Gasteiger partial charge is 0.461 e. The van der Waals surface area contributed by atoms with Gasteiger partial charge in [0.15, 0.2) is 11.5 Å². The van der Waals surface area contributed by atoms with Crippen LogP contribution in [0, 0.1) is 0 Å². The maximum Gasteiger partial charge on any atom is 0.310 e. The van der Waals surface area contributed by atoms with Gasteiger partial charge in [-0.1, -0.05) is 36.7 Å². The third-order valence-corrected chi connectivity index (χ3v) is 4.69. The van der Waals surface area contributed by atoms with Gasteiger partial charge in [-0.15, -0.1) is 0 Å². The van der Waals surface area contributed by atoms with Gasteiger partial charge in [0.05, 0.1) is 6.26 Å². The second-order valence-electron chi connectivity index (χ2n) is 5.68. The minimum atomic E-state index is -9.73. The number of rotatable bonds is 6. The van der Waals surface area contributed by atoms with E-state index in [-0.39, 0.29) is 30.0 Å². The molecule has 0 unspecified atom stereocenters. The molecule has 3 rings (SSSR count). The maximum atomic E-state index is 12.8. The van der Waals surface area contributed by atoms with Crippen LogP contribution in [0.3, 0.4) is 0 Å². The first kappa shape index (κ1) is 19.0. The third-order valence-electron chi connectivity index (χ3n) is 3.55. The molecule has 1 aromatic carbocycles. The van der Waals surface area contributed by atoms with Crippen molar-refractivity contribution in [2.75, 3.05) is 6.54 Å². The predicted octanol–water partition coefficient (Wildman–Crippen LogP) is 5.56. The van der Waals surface area contributed by atoms with Crippen LogP contribution in [0.1, 0.15) is 16.1 Å². The van der Waals surface area contributed by atoms with E-state index < -0.39 is 21.0 Å². The smallest absolute Gasteiger partial charge is 0.310 e. The van der Waals surface area contributed by atoms with E-state index in [1.807, 2.05) is 0 Å². The van der Waals surface area contributed by atoms with Crippen LogP contribution < -0.4 is 5.32 Å². The fourth-order valence-corrected chi connectivity index (χ4v) is 2.98. The molecule has 0 aliphatic heterocycles. The number of nitrogens with one attached hydrogen (secondary N) is 1. The van der Waals surface area contributed by atoms with Crippen LogP contribution in [-0.2, 0) is 6.42 Å². The topological polar surface area (TPSA) is 68.3 Å². The van der Waals surface area contributed by atoms with E-state index in [1.54, 1.807) is 12.1 Å². The molecular formula is C16H13F5N2O3S. The Balaban J connectivity index is 1.61. The predicted molar refractivity (Wildman–Crippen MR) is 88.1 cm³/mol. The van der Waals surface area contributed by atoms with Gasteiger partial charge in [-0.3, -0.25) is 4.79 Å². The number of hydrogen-bond acceptors (Lipinski definition) is 4. The van der Waals surface area contributed by atoms with Crippen molar-refractivity contribution >= 4 is 16.1 Å². The van der Waals surface area contributed by atoms with Crippen LogP contribution in [0.2, 0.25) is 0 Å². The highest BCUT2D eigenvalue weighted by Gasteiger charge is 2.65. The first-order valence-corrected chi connectivity index (χ1v) is 9.49. The van der Waals surface area contributed by atoms with Gasteiger partial charge in [0, 0.05) is 12.6 Å². The lowest BCUT2D eigenvalue weighted by atomic mass is 10.1. The average Bonchev–Trinajstić information content (AvgIpc) is 3.24. The molecule has 0 saturated carbocycles. The number of hydrogen-bond donors (Lipinski definition) is 1. The Morgan fingerprint density at radius 2 is 1.81 bits per heavy atom. The summed E-state index contributed by atoms with van der Waals surface area (Å²) in [6, 6.07) is 7.45. The number of aromatic nitrogens is 1. The number of halogens is 5. The molecule has 0 fully saturated rings. The number of carbonyl (C=O) groups is 1. The molecule has 2 heterocycles. The number of furan rings is 1. The van der Waals surface area contributed by atoms with Gasteiger partial charge in [-0.2, -0.15) is 0 Å². The Bertz CT molecular complexity index is 968. The summed E-state index contributed by atoms with van der Waals surface area (Å²) in [6.45, 7) is -0.0778. The number of carbonyl (C=O) groups excluding carboxylic acids is 1. The van der Waals surface area contributed by atoms with Crippen molar-refractivity contribution in [3.8, 4) is 11.5 Å². The van der Waals surface area contributed by atoms with Gasteiger partial charge in [0.1, 0.15) is 4.90 Å². The number of amides is 1. The molecule has 5 nitrogen and oxygen atoms in total. The molecule has 0 aliphatic rings. The number of benzene rings is 1. The molecule has 0 saturated heterocycles. The standard InChI is InChI=1S/C16H13F5N2O3S/c17-27(18,19,20,21)12-4-1-3-11(9-12)6-7-22-16(24)13-10-15(26-23-13)14-5-2-8-25-14/h1-5,8-10H,6-7H2,(H,22,24). The Morgan fingerprint density at radius 1 is 1.04 bits per heavy atom. The molecule has 0 spiro atoms. The van der Waals surface area contributed by atoms with Crippen LogP contribution in [0.15, 0.2) is 62.6 Å². The summed E-state index contributed by atoms with van der Waals surface area (Å²) in [5.41, 5.74) is -0.0420. The Kier molecular flexibility index (Phi) is 4.10. The van der Waals surface area contributed by atoms with Gasteiger partial charge in [-0.05, 0) is 36.2 Å². The summed E-state index contributed by atoms with van der Waals surface area (Å²) in [7, 11) is -9.73. The molecular weight excluding hydrogens is 395 g/mol. The van der Waals surface area contributed by atoms with Crippen molar-refractivity contribution in [1.82, 2.24) is 10.5 Å². The van der Waals surface area contributed by atoms with Crippen LogP contribution in [0.4, 0.5) is 19.4 Å². The fourth-order valence-electron chi connectivity index (χ4n) is 2.27. The summed E-state index contributed by atoms with van der Waals surface area (Å²) < 4.78 is 74.2. The lowest BCUT2D eigenvalue weighted by Crippen LogP contribution is -2.26. The highest BCUT2D eigenvalue weighted by Crippen LogP contribution is 3.02. The lowest BCUT2D eigenvalue weighted by Gasteiger charge is -2.40. The van der Waals surface area contributed by atoms with Crippen molar-refractivity contribution < 1.29 is 33.2 Å². The molecule has 0 aliphatic carbocycles. The van der Waals surface area contributed by atoms with Gasteiger partial charge in [0.2, 0.25) is 5.76 Å². The van der Waals surface area contributed by atoms with E-state index in [0.717, 1.165) is 6.07 Å². The fraction of sp³-hybridized carbons (Fsp3) is 0.125. The quantitative estimate of drug-likeness (QED) is 0.542. The van der Waals surface area contributed by atoms with E-state index >= 15 is 0 Å². The van der Waals surface area contributed by atoms with E-state index in [1.165, 1.54) is 18.4 Å². The summed E-state index contributed by atoms with van der Waals surface area (Å²) in [5, 5.41) is 6.00. The minimum absolute atomic E-state index is 0.0116. The van der Waals surface area contributed by atoms with Crippen molar-refractivity contribution in [2.24, 2.45) is 0 Å². The second kappa shape index (κ2) is 5.84. The summed E-state index contributed by atoms with van der Waals surface area (Å²) in [6.07, 6.45) is 1.34. The second-order valence-corrected chi connectivity index (χ2v) is 8.09. The average molecular weight is 408 g/mol. The Morgan fingerprint density at radius 3 is 2.48 bits per heavy atom. The number of nitrogens with zero attached hydrogens (tertiary/aromatic N) is 1. The zero-order valence-corrected chi connectivity index (χ0v) is 14.3. The van der Waals surface area contributed by atoms with Crippen LogP contribution in [0.25, 0.3) is 11.5 Å². The highest BCUT2D eigenvalue weighted by atomic mass is 32.5. The van der Waals surface area contributed by atoms with Gasteiger partial charge in [0.25, 0.3) is 5.91 Å². The lowest BCUT2D eigenvalue weighted by molar-refractivity contribution is 0.0945. The van der Waals surface area contributed by atoms with Gasteiger partial charge >= 0.3 is 10.2 Å². The molecule has 2 aromatic heterocycles. The summed E-state index contributed by atoms with van der Waals surface area (Å²) in [4.78, 5) is 10.0. The zero-order chi connectivity index (χ0) is 19.8. The molecule has 1 N–H and O–H groups in total. The molecule has 27 heavy (non-hydrogen) atoms. The molecule has 0 atom stereocenters. The van der Waals surface area contributed by atoms with E-state index in [0.29, 0.717) is 17.9 Å². The van der Waals surface area contributed by atoms with E-state index in [2.05, 4.69) is 10.5 Å². The van der Waals surface area contributed by atoms with Crippen molar-refractivity contribution in [3.05, 3.63) is 60.0 Å². The van der Waals surface area contributed by atoms with Crippen molar-refractivity contribution in [2.45, 2.75) is 11.3 Å². The SMILES string of the molecule is O=C(NCCc1cccc(S(F)(F)(F)(F)F)c1)c1cc(-c2ccco2)on1. The summed E-state index contributed by atoms with van der Waals surface area (Å²) >= 11 is 0. The van der Waals surface area contributed by atoms with Crippen LogP contribution in [-0.4, -0.2) is 17.6 Å². The van der Waals surface area contributed by atoms with Gasteiger partial charge < -0.3 is 14.3 Å². The molecule has 146 valence electrons. The minimum Gasteiger partial charge on any atom is -0.461 e. The molecule has 0 radical (unpaired) electrons. The zero-order valence-electron chi connectivity index (χ0n) is 13.5. The van der Waals surface area contributed by atoms with Crippen LogP contribution >= 0.6 is 10.2 Å². The first-order chi connectivity index (χ1) is 12.4. The Hall–Kier alpha value is -2.82. The molecule has 3 aromatic rings. The van der Waals surface area contributed by atoms with E-state index in [4.69, 9.17) is 8.94 Å². The highest BCUT2D eigenvalue weighted by molar-refractivity contribution is 8.45.